The van der Waals surface area contributed by atoms with E-state index in [1.54, 1.807) is 13.8 Å². The van der Waals surface area contributed by atoms with E-state index in [0.29, 0.717) is 13.0 Å². The van der Waals surface area contributed by atoms with Crippen LogP contribution in [0.2, 0.25) is 0 Å². The number of hydrogen-bond donors (Lipinski definition) is 2. The van der Waals surface area contributed by atoms with Gasteiger partial charge in [0.2, 0.25) is 0 Å². The first-order chi connectivity index (χ1) is 9.62. The molecule has 0 aliphatic heterocycles. The second-order valence-corrected chi connectivity index (χ2v) is 6.15. The molecule has 1 atom stereocenters. The summed E-state index contributed by atoms with van der Waals surface area (Å²) in [5, 5.41) is 19.4. The second kappa shape index (κ2) is 9.74. The normalized spacial score (nSPS) is 15.0. The van der Waals surface area contributed by atoms with E-state index in [0.717, 1.165) is 19.3 Å². The van der Waals surface area contributed by atoms with Gasteiger partial charge in [-0.15, -0.1) is 0 Å². The molecule has 0 fully saturated rings. The Morgan fingerprint density at radius 2 is 1.71 bits per heavy atom. The fourth-order valence-corrected chi connectivity index (χ4v) is 1.77. The monoisotopic (exact) mass is 298 g/mol. The van der Waals surface area contributed by atoms with Crippen molar-refractivity contribution in [3.63, 3.8) is 0 Å². The fraction of sp³-hybridized carbons (Fsp3) is 0.706. The Kier molecular flexibility index (Phi) is 9.22. The molecule has 0 saturated heterocycles. The maximum atomic E-state index is 10.6. The molecule has 0 amide bonds. The number of rotatable bonds is 9. The van der Waals surface area contributed by atoms with E-state index in [-0.39, 0.29) is 5.97 Å². The van der Waals surface area contributed by atoms with Crippen LogP contribution in [0.1, 0.15) is 60.3 Å². The van der Waals surface area contributed by atoms with Crippen molar-refractivity contribution < 1.29 is 19.7 Å². The van der Waals surface area contributed by atoms with Gasteiger partial charge in [0, 0.05) is 6.92 Å². The third-order valence-electron chi connectivity index (χ3n) is 3.38. The molecule has 4 nitrogen and oxygen atoms in total. The Morgan fingerprint density at radius 3 is 2.24 bits per heavy atom. The number of esters is 1. The molecule has 0 bridgehead atoms. The van der Waals surface area contributed by atoms with E-state index in [1.165, 1.54) is 18.1 Å². The highest BCUT2D eigenvalue weighted by Crippen LogP contribution is 2.17. The van der Waals surface area contributed by atoms with E-state index < -0.39 is 11.7 Å². The first-order valence-corrected chi connectivity index (χ1v) is 7.48. The lowest BCUT2D eigenvalue weighted by molar-refractivity contribution is -0.139. The zero-order valence-electron chi connectivity index (χ0n) is 14.0. The van der Waals surface area contributed by atoms with Gasteiger partial charge in [0.1, 0.15) is 6.61 Å². The molecule has 4 heteroatoms. The molecular weight excluding hydrogens is 268 g/mol. The Balaban J connectivity index is 3.99. The second-order valence-electron chi connectivity index (χ2n) is 6.15. The average Bonchev–Trinajstić information content (AvgIpc) is 2.34. The van der Waals surface area contributed by atoms with Gasteiger partial charge in [-0.2, -0.15) is 0 Å². The van der Waals surface area contributed by atoms with Crippen LogP contribution in [0.15, 0.2) is 23.3 Å². The largest absolute Gasteiger partial charge is 0.462 e. The average molecular weight is 298 g/mol. The summed E-state index contributed by atoms with van der Waals surface area (Å²) >= 11 is 0. The first-order valence-electron chi connectivity index (χ1n) is 7.48. The van der Waals surface area contributed by atoms with Crippen molar-refractivity contribution in [1.82, 2.24) is 0 Å². The molecule has 0 heterocycles. The van der Waals surface area contributed by atoms with Gasteiger partial charge in [-0.1, -0.05) is 17.2 Å². The molecule has 0 aliphatic rings. The zero-order chi connectivity index (χ0) is 16.5. The van der Waals surface area contributed by atoms with Gasteiger partial charge in [0.25, 0.3) is 0 Å². The minimum absolute atomic E-state index is 0.264. The SMILES string of the molecule is CC(=O)OCC=C(C)CCC=C(C)CCC(O)C(C)(C)O. The van der Waals surface area contributed by atoms with Crippen LogP contribution in [-0.2, 0) is 9.53 Å². The quantitative estimate of drug-likeness (QED) is 0.507. The van der Waals surface area contributed by atoms with Crippen molar-refractivity contribution in [2.45, 2.75) is 72.0 Å². The molecule has 0 radical (unpaired) electrons. The summed E-state index contributed by atoms with van der Waals surface area (Å²) in [5.74, 6) is -0.264. The Morgan fingerprint density at radius 1 is 1.14 bits per heavy atom. The fourth-order valence-electron chi connectivity index (χ4n) is 1.77. The van der Waals surface area contributed by atoms with Crippen LogP contribution in [0, 0.1) is 0 Å². The molecular formula is C17H30O4. The van der Waals surface area contributed by atoms with E-state index >= 15 is 0 Å². The number of carbonyl (C=O) groups is 1. The molecule has 0 aromatic carbocycles. The molecule has 0 spiro atoms. The summed E-state index contributed by atoms with van der Waals surface area (Å²) in [4.78, 5) is 10.6. The summed E-state index contributed by atoms with van der Waals surface area (Å²) in [6, 6.07) is 0. The van der Waals surface area contributed by atoms with Gasteiger partial charge in [-0.3, -0.25) is 4.79 Å². The maximum absolute atomic E-state index is 10.6. The van der Waals surface area contributed by atoms with Crippen molar-refractivity contribution in [3.05, 3.63) is 23.3 Å². The van der Waals surface area contributed by atoms with Gasteiger partial charge in [0.05, 0.1) is 11.7 Å². The number of carbonyl (C=O) groups excluding carboxylic acids is 1. The van der Waals surface area contributed by atoms with Gasteiger partial charge in [-0.25, -0.2) is 0 Å². The lowest BCUT2D eigenvalue weighted by Gasteiger charge is -2.24. The van der Waals surface area contributed by atoms with Crippen molar-refractivity contribution in [3.8, 4) is 0 Å². The third-order valence-corrected chi connectivity index (χ3v) is 3.38. The van der Waals surface area contributed by atoms with Crippen molar-refractivity contribution in [2.24, 2.45) is 0 Å². The van der Waals surface area contributed by atoms with Crippen LogP contribution >= 0.6 is 0 Å². The predicted molar refractivity (Wildman–Crippen MR) is 84.9 cm³/mol. The van der Waals surface area contributed by atoms with Crippen LogP contribution in [0.25, 0.3) is 0 Å². The van der Waals surface area contributed by atoms with Gasteiger partial charge in [-0.05, 0) is 59.5 Å². The van der Waals surface area contributed by atoms with Crippen LogP contribution in [0.4, 0.5) is 0 Å². The van der Waals surface area contributed by atoms with Crippen molar-refractivity contribution in [1.29, 1.82) is 0 Å². The minimum atomic E-state index is -1.05. The summed E-state index contributed by atoms with van der Waals surface area (Å²) in [6.45, 7) is 9.03. The molecule has 0 aromatic heterocycles. The van der Waals surface area contributed by atoms with Gasteiger partial charge < -0.3 is 14.9 Å². The number of hydrogen-bond acceptors (Lipinski definition) is 4. The summed E-state index contributed by atoms with van der Waals surface area (Å²) in [5.41, 5.74) is 1.36. The lowest BCUT2D eigenvalue weighted by Crippen LogP contribution is -2.35. The molecule has 21 heavy (non-hydrogen) atoms. The van der Waals surface area contributed by atoms with E-state index in [1.807, 2.05) is 19.9 Å². The van der Waals surface area contributed by atoms with E-state index in [4.69, 9.17) is 4.74 Å². The van der Waals surface area contributed by atoms with Crippen LogP contribution < -0.4 is 0 Å². The molecule has 0 saturated carbocycles. The Bertz CT molecular complexity index is 375. The van der Waals surface area contributed by atoms with E-state index in [2.05, 4.69) is 6.08 Å². The lowest BCUT2D eigenvalue weighted by atomic mass is 9.95. The topological polar surface area (TPSA) is 66.8 Å². The maximum Gasteiger partial charge on any atom is 0.302 e. The zero-order valence-corrected chi connectivity index (χ0v) is 14.0. The van der Waals surface area contributed by atoms with Crippen LogP contribution in [0.5, 0.6) is 0 Å². The molecule has 122 valence electrons. The van der Waals surface area contributed by atoms with Crippen molar-refractivity contribution >= 4 is 5.97 Å². The number of aliphatic hydroxyl groups is 2. The molecule has 1 unspecified atom stereocenters. The first kappa shape index (κ1) is 19.9. The molecule has 0 aromatic rings. The number of aliphatic hydroxyl groups excluding tert-OH is 1. The molecule has 0 rings (SSSR count). The Labute approximate surface area is 128 Å². The predicted octanol–water partition coefficient (Wildman–Crippen LogP) is 3.13. The van der Waals surface area contributed by atoms with Gasteiger partial charge >= 0.3 is 5.97 Å². The minimum Gasteiger partial charge on any atom is -0.462 e. The van der Waals surface area contributed by atoms with E-state index in [9.17, 15) is 15.0 Å². The Hall–Kier alpha value is -1.13. The highest BCUT2D eigenvalue weighted by Gasteiger charge is 2.23. The summed E-state index contributed by atoms with van der Waals surface area (Å²) in [7, 11) is 0. The number of allylic oxidation sites excluding steroid dienone is 3. The van der Waals surface area contributed by atoms with Crippen molar-refractivity contribution in [2.75, 3.05) is 6.61 Å². The van der Waals surface area contributed by atoms with Crippen LogP contribution in [-0.4, -0.2) is 34.5 Å². The summed E-state index contributed by atoms with van der Waals surface area (Å²) in [6.07, 6.45) is 6.56. The highest BCUT2D eigenvalue weighted by molar-refractivity contribution is 5.66. The van der Waals surface area contributed by atoms with Crippen LogP contribution in [0.3, 0.4) is 0 Å². The third kappa shape index (κ3) is 11.2. The highest BCUT2D eigenvalue weighted by atomic mass is 16.5. The standard InChI is InChI=1S/C17H30O4/c1-13(9-10-16(19)17(4,5)20)7-6-8-14(2)11-12-21-15(3)18/h7,11,16,19-20H,6,8-10,12H2,1-5H3. The molecule has 0 aliphatic carbocycles. The molecule has 2 N–H and O–H groups in total. The smallest absolute Gasteiger partial charge is 0.302 e. The summed E-state index contributed by atoms with van der Waals surface area (Å²) < 4.78 is 4.85. The number of ether oxygens (including phenoxy) is 1. The van der Waals surface area contributed by atoms with Gasteiger partial charge in [0.15, 0.2) is 0 Å².